The first-order valence-corrected chi connectivity index (χ1v) is 7.79. The van der Waals surface area contributed by atoms with Gasteiger partial charge >= 0.3 is 0 Å². The minimum atomic E-state index is 0.107. The summed E-state index contributed by atoms with van der Waals surface area (Å²) in [7, 11) is 0. The summed E-state index contributed by atoms with van der Waals surface area (Å²) in [5.74, 6) is 1.91. The van der Waals surface area contributed by atoms with Gasteiger partial charge in [0, 0.05) is 19.3 Å². The normalized spacial score (nSPS) is 17.7. The Morgan fingerprint density at radius 2 is 2.10 bits per heavy atom. The first-order valence-electron chi connectivity index (χ1n) is 6.97. The van der Waals surface area contributed by atoms with Gasteiger partial charge in [0.1, 0.15) is 0 Å². The SMILES string of the molecule is Cc1ncc(-c2nnc3n2CCNC3c2ccccc2)s1. The van der Waals surface area contributed by atoms with Crippen LogP contribution in [0.2, 0.25) is 0 Å². The van der Waals surface area contributed by atoms with Crippen LogP contribution in [-0.4, -0.2) is 26.3 Å². The Morgan fingerprint density at radius 3 is 2.86 bits per heavy atom. The van der Waals surface area contributed by atoms with Crippen LogP contribution in [0.3, 0.4) is 0 Å². The highest BCUT2D eigenvalue weighted by Crippen LogP contribution is 2.30. The number of fused-ring (bicyclic) bond motifs is 1. The monoisotopic (exact) mass is 297 g/mol. The topological polar surface area (TPSA) is 55.6 Å². The minimum absolute atomic E-state index is 0.107. The van der Waals surface area contributed by atoms with Crippen molar-refractivity contribution in [2.75, 3.05) is 6.54 Å². The van der Waals surface area contributed by atoms with Crippen LogP contribution in [0.1, 0.15) is 22.4 Å². The third-order valence-electron chi connectivity index (χ3n) is 3.70. The number of hydrogen-bond acceptors (Lipinski definition) is 5. The molecule has 3 heterocycles. The van der Waals surface area contributed by atoms with E-state index in [1.165, 1.54) is 5.56 Å². The molecule has 5 nitrogen and oxygen atoms in total. The quantitative estimate of drug-likeness (QED) is 0.789. The van der Waals surface area contributed by atoms with Gasteiger partial charge in [-0.15, -0.1) is 21.5 Å². The second-order valence-electron chi connectivity index (χ2n) is 5.07. The van der Waals surface area contributed by atoms with Crippen molar-refractivity contribution in [2.45, 2.75) is 19.5 Å². The van der Waals surface area contributed by atoms with Gasteiger partial charge in [0.25, 0.3) is 0 Å². The van der Waals surface area contributed by atoms with E-state index in [9.17, 15) is 0 Å². The van der Waals surface area contributed by atoms with Gasteiger partial charge < -0.3 is 9.88 Å². The summed E-state index contributed by atoms with van der Waals surface area (Å²) >= 11 is 1.66. The highest BCUT2D eigenvalue weighted by Gasteiger charge is 2.27. The Hall–Kier alpha value is -2.05. The molecule has 2 aromatic heterocycles. The van der Waals surface area contributed by atoms with Crippen molar-refractivity contribution in [1.29, 1.82) is 0 Å². The molecular formula is C15H15N5S. The van der Waals surface area contributed by atoms with Crippen molar-refractivity contribution < 1.29 is 0 Å². The summed E-state index contributed by atoms with van der Waals surface area (Å²) in [4.78, 5) is 5.40. The van der Waals surface area contributed by atoms with Gasteiger partial charge in [0.2, 0.25) is 0 Å². The molecule has 0 amide bonds. The molecule has 0 saturated carbocycles. The van der Waals surface area contributed by atoms with Crippen molar-refractivity contribution in [3.05, 3.63) is 52.9 Å². The Kier molecular flexibility index (Phi) is 3.05. The van der Waals surface area contributed by atoms with Gasteiger partial charge in [-0.2, -0.15) is 0 Å². The highest BCUT2D eigenvalue weighted by molar-refractivity contribution is 7.14. The summed E-state index contributed by atoms with van der Waals surface area (Å²) < 4.78 is 2.21. The molecule has 0 saturated heterocycles. The summed E-state index contributed by atoms with van der Waals surface area (Å²) in [5.41, 5.74) is 1.22. The van der Waals surface area contributed by atoms with Crippen LogP contribution >= 0.6 is 11.3 Å². The lowest BCUT2D eigenvalue weighted by Gasteiger charge is -2.25. The van der Waals surface area contributed by atoms with Crippen molar-refractivity contribution in [3.63, 3.8) is 0 Å². The molecular weight excluding hydrogens is 282 g/mol. The fourth-order valence-electron chi connectivity index (χ4n) is 2.72. The molecule has 0 radical (unpaired) electrons. The second kappa shape index (κ2) is 5.05. The van der Waals surface area contributed by atoms with Gasteiger partial charge in [0.05, 0.1) is 15.9 Å². The third kappa shape index (κ3) is 2.16. The number of benzene rings is 1. The van der Waals surface area contributed by atoms with E-state index in [4.69, 9.17) is 0 Å². The number of thiazole rings is 1. The molecule has 1 N–H and O–H groups in total. The van der Waals surface area contributed by atoms with E-state index in [-0.39, 0.29) is 6.04 Å². The molecule has 1 unspecified atom stereocenters. The number of nitrogens with zero attached hydrogens (tertiary/aromatic N) is 4. The predicted molar refractivity (Wildman–Crippen MR) is 82.2 cm³/mol. The zero-order chi connectivity index (χ0) is 14.2. The Bertz CT molecular complexity index is 761. The van der Waals surface area contributed by atoms with E-state index in [0.29, 0.717) is 0 Å². The summed E-state index contributed by atoms with van der Waals surface area (Å²) in [6.07, 6.45) is 1.89. The number of aromatic nitrogens is 4. The highest BCUT2D eigenvalue weighted by atomic mass is 32.1. The van der Waals surface area contributed by atoms with Gasteiger partial charge in [-0.25, -0.2) is 4.98 Å². The molecule has 0 spiro atoms. The average molecular weight is 297 g/mol. The molecule has 3 aromatic rings. The molecule has 1 aliphatic rings. The summed E-state index contributed by atoms with van der Waals surface area (Å²) in [6, 6.07) is 10.5. The molecule has 0 fully saturated rings. The molecule has 1 aromatic carbocycles. The van der Waals surface area contributed by atoms with E-state index >= 15 is 0 Å². The lowest BCUT2D eigenvalue weighted by atomic mass is 10.1. The lowest BCUT2D eigenvalue weighted by molar-refractivity contribution is 0.458. The summed E-state index contributed by atoms with van der Waals surface area (Å²) in [6.45, 7) is 3.81. The maximum Gasteiger partial charge on any atom is 0.175 e. The molecule has 0 aliphatic carbocycles. The zero-order valence-electron chi connectivity index (χ0n) is 11.7. The third-order valence-corrected chi connectivity index (χ3v) is 4.60. The molecule has 21 heavy (non-hydrogen) atoms. The van der Waals surface area contributed by atoms with Crippen molar-refractivity contribution in [1.82, 2.24) is 25.1 Å². The van der Waals surface area contributed by atoms with E-state index in [1.54, 1.807) is 11.3 Å². The number of hydrogen-bond donors (Lipinski definition) is 1. The maximum absolute atomic E-state index is 4.43. The summed E-state index contributed by atoms with van der Waals surface area (Å²) in [5, 5.41) is 13.4. The van der Waals surface area contributed by atoms with Crippen molar-refractivity contribution in [2.24, 2.45) is 0 Å². The second-order valence-corrected chi connectivity index (χ2v) is 6.31. The molecule has 0 bridgehead atoms. The van der Waals surface area contributed by atoms with E-state index < -0.39 is 0 Å². The fourth-order valence-corrected chi connectivity index (χ4v) is 3.49. The van der Waals surface area contributed by atoms with Crippen LogP contribution in [0.5, 0.6) is 0 Å². The standard InChI is InChI=1S/C15H15N5S/c1-10-17-9-12(21-10)14-18-19-15-13(16-7-8-20(14)15)11-5-3-2-4-6-11/h2-6,9,13,16H,7-8H2,1H3. The van der Waals surface area contributed by atoms with Gasteiger partial charge in [-0.05, 0) is 12.5 Å². The molecule has 106 valence electrons. The van der Waals surface area contributed by atoms with Gasteiger partial charge in [-0.1, -0.05) is 30.3 Å². The van der Waals surface area contributed by atoms with Crippen molar-refractivity contribution >= 4 is 11.3 Å². The smallest absolute Gasteiger partial charge is 0.175 e. The maximum atomic E-state index is 4.43. The van der Waals surface area contributed by atoms with Crippen LogP contribution in [0, 0.1) is 6.92 Å². The number of rotatable bonds is 2. The lowest BCUT2D eigenvalue weighted by Crippen LogP contribution is -2.34. The molecule has 4 rings (SSSR count). The average Bonchev–Trinajstić information content (AvgIpc) is 3.13. The fraction of sp³-hybridized carbons (Fsp3) is 0.267. The van der Waals surface area contributed by atoms with Crippen LogP contribution in [0.4, 0.5) is 0 Å². The Labute approximate surface area is 126 Å². The molecule has 1 atom stereocenters. The first kappa shape index (κ1) is 12.7. The van der Waals surface area contributed by atoms with Crippen LogP contribution < -0.4 is 5.32 Å². The predicted octanol–water partition coefficient (Wildman–Crippen LogP) is 2.40. The Morgan fingerprint density at radius 1 is 1.24 bits per heavy atom. The molecule has 1 aliphatic heterocycles. The number of aryl methyl sites for hydroxylation is 1. The van der Waals surface area contributed by atoms with Crippen LogP contribution in [0.15, 0.2) is 36.5 Å². The van der Waals surface area contributed by atoms with Crippen molar-refractivity contribution in [3.8, 4) is 10.7 Å². The minimum Gasteiger partial charge on any atom is -0.307 e. The molecule has 6 heteroatoms. The number of nitrogens with one attached hydrogen (secondary N) is 1. The van der Waals surface area contributed by atoms with Crippen LogP contribution in [-0.2, 0) is 6.54 Å². The Balaban J connectivity index is 1.79. The largest absolute Gasteiger partial charge is 0.307 e. The van der Waals surface area contributed by atoms with Crippen LogP contribution in [0.25, 0.3) is 10.7 Å². The van der Waals surface area contributed by atoms with E-state index in [2.05, 4.69) is 49.3 Å². The van der Waals surface area contributed by atoms with Gasteiger partial charge in [0.15, 0.2) is 11.6 Å². The first-order chi connectivity index (χ1) is 10.3. The van der Waals surface area contributed by atoms with Gasteiger partial charge in [-0.3, -0.25) is 0 Å². The zero-order valence-corrected chi connectivity index (χ0v) is 12.5. The van der Waals surface area contributed by atoms with E-state index in [1.807, 2.05) is 19.2 Å². The van der Waals surface area contributed by atoms with E-state index in [0.717, 1.165) is 34.6 Å².